The Kier molecular flexibility index (Phi) is 5.58. The number of anilines is 1. The predicted molar refractivity (Wildman–Crippen MR) is 75.6 cm³/mol. The molecule has 1 aromatic rings. The second-order valence-corrected chi connectivity index (χ2v) is 5.81. The van der Waals surface area contributed by atoms with Gasteiger partial charge in [0.05, 0.1) is 5.69 Å². The number of rotatable bonds is 6. The van der Waals surface area contributed by atoms with Gasteiger partial charge in [0.1, 0.15) is 0 Å². The standard InChI is InChI=1S/C11H21N3S2/c1-5-9(7-15-4)14(3)11-13-8(2)10(6-12)16-11/h9H,5-7,12H2,1-4H3. The molecule has 1 heterocycles. The van der Waals surface area contributed by atoms with E-state index in [0.717, 1.165) is 23.0 Å². The van der Waals surface area contributed by atoms with E-state index in [9.17, 15) is 0 Å². The number of hydrogen-bond donors (Lipinski definition) is 1. The summed E-state index contributed by atoms with van der Waals surface area (Å²) in [6.07, 6.45) is 3.29. The Bertz CT molecular complexity index is 325. The summed E-state index contributed by atoms with van der Waals surface area (Å²) in [6.45, 7) is 4.85. The Balaban J connectivity index is 2.81. The third-order valence-corrected chi connectivity index (χ3v) is 4.73. The zero-order chi connectivity index (χ0) is 12.1. The minimum absolute atomic E-state index is 0.561. The van der Waals surface area contributed by atoms with Crippen molar-refractivity contribution in [2.24, 2.45) is 5.73 Å². The van der Waals surface area contributed by atoms with E-state index in [-0.39, 0.29) is 0 Å². The molecule has 16 heavy (non-hydrogen) atoms. The van der Waals surface area contributed by atoms with Crippen molar-refractivity contribution in [3.8, 4) is 0 Å². The van der Waals surface area contributed by atoms with Crippen LogP contribution < -0.4 is 10.6 Å². The molecule has 0 aliphatic heterocycles. The molecule has 0 aliphatic carbocycles. The van der Waals surface area contributed by atoms with Crippen molar-refractivity contribution >= 4 is 28.2 Å². The Morgan fingerprint density at radius 2 is 2.25 bits per heavy atom. The highest BCUT2D eigenvalue weighted by Crippen LogP contribution is 2.27. The van der Waals surface area contributed by atoms with Crippen molar-refractivity contribution in [3.05, 3.63) is 10.6 Å². The molecule has 1 aromatic heterocycles. The first kappa shape index (κ1) is 13.8. The molecule has 0 saturated carbocycles. The fraction of sp³-hybridized carbons (Fsp3) is 0.727. The number of thioether (sulfide) groups is 1. The predicted octanol–water partition coefficient (Wildman–Crippen LogP) is 2.49. The molecule has 0 aliphatic rings. The lowest BCUT2D eigenvalue weighted by Crippen LogP contribution is -2.33. The fourth-order valence-electron chi connectivity index (χ4n) is 1.61. The van der Waals surface area contributed by atoms with Crippen LogP contribution in [-0.4, -0.2) is 30.1 Å². The first-order chi connectivity index (χ1) is 7.63. The molecule has 0 bridgehead atoms. The summed E-state index contributed by atoms with van der Waals surface area (Å²) in [7, 11) is 2.13. The van der Waals surface area contributed by atoms with Crippen LogP contribution in [0.15, 0.2) is 0 Å². The number of hydrogen-bond acceptors (Lipinski definition) is 5. The van der Waals surface area contributed by atoms with Crippen LogP contribution in [0.3, 0.4) is 0 Å². The van der Waals surface area contributed by atoms with Crippen molar-refractivity contribution in [2.75, 3.05) is 24.0 Å². The van der Waals surface area contributed by atoms with Gasteiger partial charge in [-0.1, -0.05) is 6.92 Å². The van der Waals surface area contributed by atoms with Crippen LogP contribution in [0.25, 0.3) is 0 Å². The van der Waals surface area contributed by atoms with Gasteiger partial charge in [-0.15, -0.1) is 11.3 Å². The summed E-state index contributed by atoms with van der Waals surface area (Å²) in [6, 6.07) is 0.561. The Morgan fingerprint density at radius 1 is 1.56 bits per heavy atom. The van der Waals surface area contributed by atoms with E-state index in [1.54, 1.807) is 11.3 Å². The molecular formula is C11H21N3S2. The maximum Gasteiger partial charge on any atom is 0.185 e. The van der Waals surface area contributed by atoms with Crippen LogP contribution in [-0.2, 0) is 6.54 Å². The summed E-state index contributed by atoms with van der Waals surface area (Å²) in [4.78, 5) is 8.07. The van der Waals surface area contributed by atoms with Gasteiger partial charge in [0.2, 0.25) is 0 Å². The van der Waals surface area contributed by atoms with E-state index in [0.29, 0.717) is 12.6 Å². The Labute approximate surface area is 106 Å². The van der Waals surface area contributed by atoms with Crippen LogP contribution in [0.4, 0.5) is 5.13 Å². The van der Waals surface area contributed by atoms with Crippen LogP contribution >= 0.6 is 23.1 Å². The van der Waals surface area contributed by atoms with Gasteiger partial charge in [-0.3, -0.25) is 0 Å². The summed E-state index contributed by atoms with van der Waals surface area (Å²) < 4.78 is 0. The maximum absolute atomic E-state index is 5.68. The summed E-state index contributed by atoms with van der Waals surface area (Å²) in [5, 5.41) is 1.10. The smallest absolute Gasteiger partial charge is 0.185 e. The monoisotopic (exact) mass is 259 g/mol. The summed E-state index contributed by atoms with van der Waals surface area (Å²) in [5.74, 6) is 1.14. The molecule has 0 amide bonds. The topological polar surface area (TPSA) is 42.2 Å². The lowest BCUT2D eigenvalue weighted by molar-refractivity contribution is 0.671. The molecule has 92 valence electrons. The van der Waals surface area contributed by atoms with E-state index in [1.807, 2.05) is 18.7 Å². The van der Waals surface area contributed by atoms with Gasteiger partial charge >= 0.3 is 0 Å². The van der Waals surface area contributed by atoms with Crippen molar-refractivity contribution in [1.29, 1.82) is 0 Å². The molecule has 1 unspecified atom stereocenters. The zero-order valence-corrected chi connectivity index (χ0v) is 12.1. The summed E-state index contributed by atoms with van der Waals surface area (Å²) in [5.41, 5.74) is 6.76. The number of nitrogens with two attached hydrogens (primary N) is 1. The van der Waals surface area contributed by atoms with Gasteiger partial charge in [0.15, 0.2) is 5.13 Å². The molecule has 1 atom stereocenters. The second-order valence-electron chi connectivity index (χ2n) is 3.84. The van der Waals surface area contributed by atoms with Crippen molar-refractivity contribution in [2.45, 2.75) is 32.9 Å². The first-order valence-corrected chi connectivity index (χ1v) is 7.73. The molecule has 0 spiro atoms. The average molecular weight is 259 g/mol. The maximum atomic E-state index is 5.68. The van der Waals surface area contributed by atoms with Crippen LogP contribution in [0, 0.1) is 6.92 Å². The minimum Gasteiger partial charge on any atom is -0.347 e. The van der Waals surface area contributed by atoms with Gasteiger partial charge in [-0.2, -0.15) is 11.8 Å². The highest BCUT2D eigenvalue weighted by Gasteiger charge is 2.17. The number of thiazole rings is 1. The second kappa shape index (κ2) is 6.47. The number of aromatic nitrogens is 1. The zero-order valence-electron chi connectivity index (χ0n) is 10.5. The Hall–Kier alpha value is -0.260. The highest BCUT2D eigenvalue weighted by molar-refractivity contribution is 7.98. The molecule has 0 fully saturated rings. The fourth-order valence-corrected chi connectivity index (χ4v) is 3.42. The Morgan fingerprint density at radius 3 is 2.69 bits per heavy atom. The highest BCUT2D eigenvalue weighted by atomic mass is 32.2. The first-order valence-electron chi connectivity index (χ1n) is 5.52. The molecule has 5 heteroatoms. The minimum atomic E-state index is 0.561. The van der Waals surface area contributed by atoms with E-state index in [2.05, 4.69) is 30.1 Å². The largest absolute Gasteiger partial charge is 0.347 e. The molecule has 1 rings (SSSR count). The van der Waals surface area contributed by atoms with Crippen LogP contribution in [0.2, 0.25) is 0 Å². The molecule has 0 saturated heterocycles. The summed E-state index contributed by atoms with van der Waals surface area (Å²) >= 11 is 3.60. The molecule has 3 nitrogen and oxygen atoms in total. The SMILES string of the molecule is CCC(CSC)N(C)c1nc(C)c(CN)s1. The van der Waals surface area contributed by atoms with Gasteiger partial charge in [0.25, 0.3) is 0 Å². The molecular weight excluding hydrogens is 238 g/mol. The molecule has 0 radical (unpaired) electrons. The van der Waals surface area contributed by atoms with E-state index in [1.165, 1.54) is 4.88 Å². The quantitative estimate of drug-likeness (QED) is 0.852. The third-order valence-electron chi connectivity index (χ3n) is 2.75. The van der Waals surface area contributed by atoms with Gasteiger partial charge in [-0.25, -0.2) is 4.98 Å². The van der Waals surface area contributed by atoms with Gasteiger partial charge in [-0.05, 0) is 19.6 Å². The third kappa shape index (κ3) is 3.12. The van der Waals surface area contributed by atoms with Gasteiger partial charge in [0, 0.05) is 30.3 Å². The van der Waals surface area contributed by atoms with Crippen molar-refractivity contribution < 1.29 is 0 Å². The lowest BCUT2D eigenvalue weighted by atomic mass is 10.2. The van der Waals surface area contributed by atoms with Crippen LogP contribution in [0.5, 0.6) is 0 Å². The van der Waals surface area contributed by atoms with Crippen molar-refractivity contribution in [1.82, 2.24) is 4.98 Å². The number of nitrogens with zero attached hydrogens (tertiary/aromatic N) is 2. The van der Waals surface area contributed by atoms with E-state index < -0.39 is 0 Å². The van der Waals surface area contributed by atoms with E-state index >= 15 is 0 Å². The number of aryl methyl sites for hydroxylation is 1. The van der Waals surface area contributed by atoms with Crippen LogP contribution in [0.1, 0.15) is 23.9 Å². The van der Waals surface area contributed by atoms with Gasteiger partial charge < -0.3 is 10.6 Å². The van der Waals surface area contributed by atoms with Crippen molar-refractivity contribution in [3.63, 3.8) is 0 Å². The average Bonchev–Trinajstić information content (AvgIpc) is 2.66. The molecule has 2 N–H and O–H groups in total. The lowest BCUT2D eigenvalue weighted by Gasteiger charge is -2.26. The van der Waals surface area contributed by atoms with E-state index in [4.69, 9.17) is 5.73 Å². The molecule has 0 aromatic carbocycles. The normalized spacial score (nSPS) is 12.8.